The van der Waals surface area contributed by atoms with Crippen molar-refractivity contribution in [3.8, 4) is 6.07 Å². The van der Waals surface area contributed by atoms with Crippen molar-refractivity contribution in [3.63, 3.8) is 0 Å². The molecule has 0 bridgehead atoms. The Morgan fingerprint density at radius 1 is 1.53 bits per heavy atom. The number of aromatic carboxylic acids is 1. The van der Waals surface area contributed by atoms with E-state index in [1.807, 2.05) is 6.07 Å². The van der Waals surface area contributed by atoms with Crippen LogP contribution in [0.1, 0.15) is 52.0 Å². The van der Waals surface area contributed by atoms with Gasteiger partial charge in [0.25, 0.3) is 0 Å². The minimum atomic E-state index is -1.10. The van der Waals surface area contributed by atoms with E-state index >= 15 is 0 Å². The van der Waals surface area contributed by atoms with Crippen LogP contribution in [0.3, 0.4) is 0 Å². The van der Waals surface area contributed by atoms with Gasteiger partial charge >= 0.3 is 5.97 Å². The van der Waals surface area contributed by atoms with Crippen LogP contribution < -0.4 is 0 Å². The summed E-state index contributed by atoms with van der Waals surface area (Å²) in [7, 11) is 0. The number of thiazole rings is 1. The van der Waals surface area contributed by atoms with Gasteiger partial charge in [-0.05, 0) is 12.8 Å². The molecular weight excluding hydrogens is 212 g/mol. The molecule has 1 aromatic rings. The lowest BCUT2D eigenvalue weighted by molar-refractivity contribution is 0.0691. The topological polar surface area (TPSA) is 74.0 Å². The molecule has 1 saturated carbocycles. The number of carboxylic acid groups (broad SMARTS) is 1. The zero-order valence-electron chi connectivity index (χ0n) is 8.06. The van der Waals surface area contributed by atoms with Crippen LogP contribution in [-0.4, -0.2) is 16.1 Å². The van der Waals surface area contributed by atoms with Crippen LogP contribution in [0, 0.1) is 11.3 Å². The lowest BCUT2D eigenvalue weighted by atomic mass is 10.1. The average molecular weight is 222 g/mol. The lowest BCUT2D eigenvalue weighted by Gasteiger charge is -2.01. The Morgan fingerprint density at radius 2 is 2.20 bits per heavy atom. The Morgan fingerprint density at radius 3 is 2.67 bits per heavy atom. The molecule has 0 atom stereocenters. The summed E-state index contributed by atoms with van der Waals surface area (Å²) in [5.41, 5.74) is -0.0793. The summed E-state index contributed by atoms with van der Waals surface area (Å²) in [6.45, 7) is 0. The molecule has 2 rings (SSSR count). The number of aromatic nitrogens is 1. The highest BCUT2D eigenvalue weighted by Crippen LogP contribution is 2.36. The van der Waals surface area contributed by atoms with E-state index in [9.17, 15) is 4.79 Å². The fourth-order valence-electron chi connectivity index (χ4n) is 1.90. The van der Waals surface area contributed by atoms with Gasteiger partial charge in [0.2, 0.25) is 0 Å². The van der Waals surface area contributed by atoms with Crippen LogP contribution in [0.25, 0.3) is 0 Å². The smallest absolute Gasteiger partial charge is 0.356 e. The van der Waals surface area contributed by atoms with Gasteiger partial charge in [-0.15, -0.1) is 11.3 Å². The number of carbonyl (C=O) groups is 1. The molecule has 5 heteroatoms. The van der Waals surface area contributed by atoms with E-state index in [4.69, 9.17) is 10.4 Å². The fraction of sp³-hybridized carbons (Fsp3) is 0.500. The Bertz CT molecular complexity index is 427. The molecule has 0 amide bonds. The molecule has 15 heavy (non-hydrogen) atoms. The quantitative estimate of drug-likeness (QED) is 0.833. The van der Waals surface area contributed by atoms with Crippen molar-refractivity contribution in [2.75, 3.05) is 0 Å². The van der Waals surface area contributed by atoms with Gasteiger partial charge in [0.1, 0.15) is 10.9 Å². The molecule has 1 fully saturated rings. The van der Waals surface area contributed by atoms with Gasteiger partial charge in [0, 0.05) is 5.92 Å². The Hall–Kier alpha value is -1.41. The third-order valence-corrected chi connectivity index (χ3v) is 3.77. The highest BCUT2D eigenvalue weighted by atomic mass is 32.1. The summed E-state index contributed by atoms with van der Waals surface area (Å²) in [5.74, 6) is -0.734. The van der Waals surface area contributed by atoms with E-state index in [0.717, 1.165) is 17.8 Å². The average Bonchev–Trinajstić information content (AvgIpc) is 2.86. The number of hydrogen-bond donors (Lipinski definition) is 1. The highest BCUT2D eigenvalue weighted by Gasteiger charge is 2.24. The first-order valence-electron chi connectivity index (χ1n) is 4.86. The van der Waals surface area contributed by atoms with Gasteiger partial charge in [-0.25, -0.2) is 9.78 Å². The second-order valence-corrected chi connectivity index (χ2v) is 4.66. The fourth-order valence-corrected chi connectivity index (χ4v) is 2.93. The van der Waals surface area contributed by atoms with Crippen molar-refractivity contribution in [3.05, 3.63) is 15.6 Å². The summed E-state index contributed by atoms with van der Waals surface area (Å²) in [6.07, 6.45) is 4.48. The molecule has 1 heterocycles. The molecule has 0 aliphatic heterocycles. The van der Waals surface area contributed by atoms with Crippen molar-refractivity contribution < 1.29 is 9.90 Å². The van der Waals surface area contributed by atoms with Crippen LogP contribution in [-0.2, 0) is 0 Å². The summed E-state index contributed by atoms with van der Waals surface area (Å²) in [5, 5.41) is 18.4. The monoisotopic (exact) mass is 222 g/mol. The number of rotatable bonds is 2. The number of carboxylic acids is 1. The molecule has 1 aliphatic carbocycles. The van der Waals surface area contributed by atoms with Crippen molar-refractivity contribution in [1.29, 1.82) is 5.26 Å². The molecule has 4 nitrogen and oxygen atoms in total. The molecule has 1 N–H and O–H groups in total. The second kappa shape index (κ2) is 3.99. The van der Waals surface area contributed by atoms with Gasteiger partial charge in [-0.3, -0.25) is 0 Å². The predicted octanol–water partition coefficient (Wildman–Crippen LogP) is 2.37. The van der Waals surface area contributed by atoms with Gasteiger partial charge in [-0.2, -0.15) is 5.26 Å². The van der Waals surface area contributed by atoms with Crippen LogP contribution in [0.15, 0.2) is 0 Å². The summed E-state index contributed by atoms with van der Waals surface area (Å²) >= 11 is 1.23. The number of hydrogen-bond acceptors (Lipinski definition) is 4. The molecule has 0 radical (unpaired) electrons. The molecule has 0 spiro atoms. The van der Waals surface area contributed by atoms with Crippen LogP contribution in [0.2, 0.25) is 0 Å². The normalized spacial score (nSPS) is 16.5. The van der Waals surface area contributed by atoms with Crippen molar-refractivity contribution in [2.45, 2.75) is 31.6 Å². The van der Waals surface area contributed by atoms with Crippen LogP contribution >= 0.6 is 11.3 Å². The number of nitrogens with zero attached hydrogens (tertiary/aromatic N) is 2. The maximum Gasteiger partial charge on any atom is 0.356 e. The van der Waals surface area contributed by atoms with Gasteiger partial charge < -0.3 is 5.11 Å². The molecule has 1 aliphatic rings. The van der Waals surface area contributed by atoms with Gasteiger partial charge in [0.15, 0.2) is 5.69 Å². The predicted molar refractivity (Wildman–Crippen MR) is 55.0 cm³/mol. The Kier molecular flexibility index (Phi) is 2.69. The van der Waals surface area contributed by atoms with E-state index in [1.54, 1.807) is 0 Å². The molecule has 0 saturated heterocycles. The summed E-state index contributed by atoms with van der Waals surface area (Å²) in [4.78, 5) is 15.1. The van der Waals surface area contributed by atoms with E-state index < -0.39 is 5.97 Å². The minimum absolute atomic E-state index is 0.0793. The third-order valence-electron chi connectivity index (χ3n) is 2.65. The first kappa shape index (κ1) is 10.1. The molecule has 0 aromatic carbocycles. The van der Waals surface area contributed by atoms with E-state index in [0.29, 0.717) is 5.92 Å². The standard InChI is InChI=1S/C10H10N2O2S/c11-5-7-8(10(13)14)12-9(15-7)6-3-1-2-4-6/h6H,1-4H2,(H,13,14). The van der Waals surface area contributed by atoms with Crippen molar-refractivity contribution >= 4 is 17.3 Å². The van der Waals surface area contributed by atoms with Gasteiger partial charge in [0.05, 0.1) is 5.01 Å². The maximum atomic E-state index is 10.8. The molecular formula is C10H10N2O2S. The van der Waals surface area contributed by atoms with E-state index in [-0.39, 0.29) is 10.6 Å². The maximum absolute atomic E-state index is 10.8. The Labute approximate surface area is 91.2 Å². The molecule has 0 unspecified atom stereocenters. The third kappa shape index (κ3) is 1.85. The lowest BCUT2D eigenvalue weighted by Crippen LogP contribution is -2.00. The van der Waals surface area contributed by atoms with E-state index in [2.05, 4.69) is 4.98 Å². The first-order valence-corrected chi connectivity index (χ1v) is 5.68. The summed E-state index contributed by atoms with van der Waals surface area (Å²) < 4.78 is 0. The molecule has 78 valence electrons. The van der Waals surface area contributed by atoms with E-state index in [1.165, 1.54) is 24.2 Å². The van der Waals surface area contributed by atoms with Crippen molar-refractivity contribution in [2.24, 2.45) is 0 Å². The largest absolute Gasteiger partial charge is 0.476 e. The first-order chi connectivity index (χ1) is 7.22. The SMILES string of the molecule is N#Cc1sc(C2CCCC2)nc1C(=O)O. The zero-order chi connectivity index (χ0) is 10.8. The zero-order valence-corrected chi connectivity index (χ0v) is 8.88. The van der Waals surface area contributed by atoms with Crippen molar-refractivity contribution in [1.82, 2.24) is 4.98 Å². The minimum Gasteiger partial charge on any atom is -0.476 e. The second-order valence-electron chi connectivity index (χ2n) is 3.63. The Balaban J connectivity index is 2.34. The van der Waals surface area contributed by atoms with Gasteiger partial charge in [-0.1, -0.05) is 12.8 Å². The molecule has 1 aromatic heterocycles. The van der Waals surface area contributed by atoms with Crippen LogP contribution in [0.5, 0.6) is 0 Å². The highest BCUT2D eigenvalue weighted by molar-refractivity contribution is 7.12. The van der Waals surface area contributed by atoms with Crippen LogP contribution in [0.4, 0.5) is 0 Å². The summed E-state index contributed by atoms with van der Waals surface area (Å²) in [6, 6.07) is 1.90. The number of nitriles is 1.